The van der Waals surface area contributed by atoms with Crippen molar-refractivity contribution < 1.29 is 19.4 Å². The minimum absolute atomic E-state index is 0.0276. The van der Waals surface area contributed by atoms with Gasteiger partial charge in [-0.05, 0) is 30.2 Å². The average molecular weight is 304 g/mol. The molecule has 0 fully saturated rings. The van der Waals surface area contributed by atoms with Crippen LogP contribution in [0, 0.1) is 0 Å². The number of aromatic nitrogens is 1. The van der Waals surface area contributed by atoms with Crippen molar-refractivity contribution in [1.82, 2.24) is 4.98 Å². The second-order valence-electron chi connectivity index (χ2n) is 4.60. The monoisotopic (exact) mass is 304 g/mol. The number of amides is 1. The lowest BCUT2D eigenvalue weighted by Gasteiger charge is -2.17. The highest BCUT2D eigenvalue weighted by Gasteiger charge is 2.15. The molecule has 0 saturated carbocycles. The molecule has 0 spiro atoms. The summed E-state index contributed by atoms with van der Waals surface area (Å²) in [5, 5.41) is 13.3. The van der Waals surface area contributed by atoms with Crippen molar-refractivity contribution in [2.45, 2.75) is 19.4 Å². The number of carbonyl (C=O) groups is 2. The lowest BCUT2D eigenvalue weighted by molar-refractivity contribution is -0.116. The summed E-state index contributed by atoms with van der Waals surface area (Å²) in [6, 6.07) is 5.47. The Balaban J connectivity index is 1.68. The van der Waals surface area contributed by atoms with E-state index in [1.54, 1.807) is 11.4 Å². The van der Waals surface area contributed by atoms with Gasteiger partial charge in [0.05, 0.1) is 5.69 Å². The molecular formula is C14H12N2O4S. The fourth-order valence-corrected chi connectivity index (χ4v) is 2.72. The molecule has 0 aliphatic carbocycles. The van der Waals surface area contributed by atoms with Crippen LogP contribution in [0.15, 0.2) is 23.6 Å². The number of hydrogen-bond donors (Lipinski definition) is 2. The van der Waals surface area contributed by atoms with Crippen LogP contribution >= 0.6 is 11.3 Å². The number of carboxylic acids is 1. The van der Waals surface area contributed by atoms with Crippen molar-refractivity contribution in [2.24, 2.45) is 0 Å². The van der Waals surface area contributed by atoms with E-state index in [1.807, 2.05) is 12.1 Å². The maximum Gasteiger partial charge on any atom is 0.365 e. The van der Waals surface area contributed by atoms with Crippen LogP contribution in [0.2, 0.25) is 0 Å². The van der Waals surface area contributed by atoms with E-state index in [0.717, 1.165) is 22.6 Å². The molecule has 1 aromatic heterocycles. The van der Waals surface area contributed by atoms with E-state index >= 15 is 0 Å². The van der Waals surface area contributed by atoms with Crippen molar-refractivity contribution in [1.29, 1.82) is 0 Å². The normalized spacial score (nSPS) is 13.4. The summed E-state index contributed by atoms with van der Waals surface area (Å²) in [7, 11) is 0. The molecule has 2 heterocycles. The fourth-order valence-electron chi connectivity index (χ4n) is 2.08. The van der Waals surface area contributed by atoms with Crippen LogP contribution in [0.1, 0.15) is 27.5 Å². The van der Waals surface area contributed by atoms with Crippen molar-refractivity contribution >= 4 is 28.9 Å². The quantitative estimate of drug-likeness (QED) is 0.905. The van der Waals surface area contributed by atoms with E-state index in [1.165, 1.54) is 0 Å². The number of anilines is 1. The zero-order valence-corrected chi connectivity index (χ0v) is 11.8. The Kier molecular flexibility index (Phi) is 3.57. The molecule has 6 nitrogen and oxygen atoms in total. The Morgan fingerprint density at radius 1 is 1.43 bits per heavy atom. The molecule has 7 heteroatoms. The van der Waals surface area contributed by atoms with Gasteiger partial charge in [-0.2, -0.15) is 0 Å². The van der Waals surface area contributed by atoms with E-state index in [2.05, 4.69) is 10.3 Å². The predicted octanol–water partition coefficient (Wildman–Crippen LogP) is 2.30. The number of benzene rings is 1. The van der Waals surface area contributed by atoms with Gasteiger partial charge in [-0.15, -0.1) is 11.3 Å². The van der Waals surface area contributed by atoms with Gasteiger partial charge in [0, 0.05) is 17.5 Å². The second-order valence-corrected chi connectivity index (χ2v) is 5.46. The largest absolute Gasteiger partial charge is 0.487 e. The van der Waals surface area contributed by atoms with Crippen LogP contribution in [-0.2, 0) is 17.8 Å². The van der Waals surface area contributed by atoms with Crippen molar-refractivity contribution in [3.63, 3.8) is 0 Å². The first-order valence-electron chi connectivity index (χ1n) is 6.35. The van der Waals surface area contributed by atoms with Gasteiger partial charge in [0.2, 0.25) is 10.9 Å². The number of nitrogens with one attached hydrogen (secondary N) is 1. The van der Waals surface area contributed by atoms with E-state index in [-0.39, 0.29) is 17.5 Å². The molecule has 3 rings (SSSR count). The van der Waals surface area contributed by atoms with E-state index < -0.39 is 5.97 Å². The molecule has 1 amide bonds. The van der Waals surface area contributed by atoms with Crippen molar-refractivity contribution in [2.75, 3.05) is 5.32 Å². The number of fused-ring (bicyclic) bond motifs is 1. The van der Waals surface area contributed by atoms with E-state index in [4.69, 9.17) is 9.84 Å². The zero-order chi connectivity index (χ0) is 14.8. The molecule has 0 radical (unpaired) electrons. The Labute approximate surface area is 124 Å². The summed E-state index contributed by atoms with van der Waals surface area (Å²) in [5.74, 6) is -0.328. The molecule has 108 valence electrons. The van der Waals surface area contributed by atoms with Crippen LogP contribution in [-0.4, -0.2) is 22.0 Å². The topological polar surface area (TPSA) is 88.5 Å². The first-order chi connectivity index (χ1) is 10.1. The fraction of sp³-hybridized carbons (Fsp3) is 0.214. The van der Waals surface area contributed by atoms with Crippen LogP contribution in [0.5, 0.6) is 5.75 Å². The Morgan fingerprint density at radius 3 is 3.05 bits per heavy atom. The van der Waals surface area contributed by atoms with Gasteiger partial charge in [0.15, 0.2) is 0 Å². The summed E-state index contributed by atoms with van der Waals surface area (Å²) >= 11 is 1.08. The van der Waals surface area contributed by atoms with Gasteiger partial charge < -0.3 is 15.2 Å². The summed E-state index contributed by atoms with van der Waals surface area (Å²) in [6.07, 6.45) is 1.17. The maximum absolute atomic E-state index is 11.3. The van der Waals surface area contributed by atoms with Crippen molar-refractivity contribution in [3.05, 3.63) is 39.8 Å². The van der Waals surface area contributed by atoms with Gasteiger partial charge in [-0.3, -0.25) is 4.79 Å². The van der Waals surface area contributed by atoms with Crippen LogP contribution in [0.3, 0.4) is 0 Å². The van der Waals surface area contributed by atoms with Gasteiger partial charge >= 0.3 is 5.97 Å². The molecule has 2 N–H and O–H groups in total. The average Bonchev–Trinajstić information content (AvgIpc) is 2.94. The number of carboxylic acid groups (broad SMARTS) is 1. The lowest BCUT2D eigenvalue weighted by atomic mass is 10.0. The molecule has 1 aliphatic heterocycles. The first-order valence-corrected chi connectivity index (χ1v) is 7.23. The highest BCUT2D eigenvalue weighted by molar-refractivity contribution is 7.11. The number of hydrogen-bond acceptors (Lipinski definition) is 5. The summed E-state index contributed by atoms with van der Waals surface area (Å²) in [5.41, 5.74) is 2.44. The number of aromatic carboxylic acids is 1. The van der Waals surface area contributed by atoms with Gasteiger partial charge in [0.25, 0.3) is 0 Å². The molecular weight excluding hydrogens is 292 g/mol. The number of carbonyl (C=O) groups excluding carboxylic acids is 1. The summed E-state index contributed by atoms with van der Waals surface area (Å²) < 4.78 is 5.62. The molecule has 2 aromatic rings. The molecule has 0 unspecified atom stereocenters. The number of nitrogens with zero attached hydrogens (tertiary/aromatic N) is 1. The van der Waals surface area contributed by atoms with Gasteiger partial charge in [0.1, 0.15) is 12.4 Å². The Morgan fingerprint density at radius 2 is 2.29 bits per heavy atom. The maximum atomic E-state index is 11.3. The highest BCUT2D eigenvalue weighted by Crippen LogP contribution is 2.27. The summed E-state index contributed by atoms with van der Waals surface area (Å²) in [6.45, 7) is 0.217. The van der Waals surface area contributed by atoms with Crippen LogP contribution in [0.4, 0.5) is 5.69 Å². The molecule has 21 heavy (non-hydrogen) atoms. The standard InChI is InChI=1S/C14H12N2O4S/c17-12-4-1-8-5-10(2-3-11(8)16-12)20-6-9-7-21-13(15-9)14(18)19/h2-3,5,7H,1,4,6H2,(H,16,17)(H,18,19). The number of aryl methyl sites for hydroxylation is 1. The molecule has 0 saturated heterocycles. The highest BCUT2D eigenvalue weighted by atomic mass is 32.1. The second kappa shape index (κ2) is 5.53. The third-order valence-corrected chi connectivity index (χ3v) is 3.97. The zero-order valence-electron chi connectivity index (χ0n) is 11.0. The van der Waals surface area contributed by atoms with Gasteiger partial charge in [-0.25, -0.2) is 9.78 Å². The molecule has 1 aromatic carbocycles. The minimum Gasteiger partial charge on any atom is -0.487 e. The third kappa shape index (κ3) is 3.03. The summed E-state index contributed by atoms with van der Waals surface area (Å²) in [4.78, 5) is 26.0. The minimum atomic E-state index is -1.03. The van der Waals surface area contributed by atoms with Crippen molar-refractivity contribution in [3.8, 4) is 5.75 Å². The number of thiazole rings is 1. The van der Waals surface area contributed by atoms with E-state index in [9.17, 15) is 9.59 Å². The number of rotatable bonds is 4. The predicted molar refractivity (Wildman–Crippen MR) is 76.8 cm³/mol. The lowest BCUT2D eigenvalue weighted by Crippen LogP contribution is -2.18. The SMILES string of the molecule is O=C1CCc2cc(OCc3csc(C(=O)O)n3)ccc2N1. The third-order valence-electron chi connectivity index (χ3n) is 3.09. The molecule has 0 bridgehead atoms. The van der Waals surface area contributed by atoms with Gasteiger partial charge in [-0.1, -0.05) is 0 Å². The Bertz CT molecular complexity index is 711. The molecule has 0 atom stereocenters. The molecule has 1 aliphatic rings. The van der Waals surface area contributed by atoms with E-state index in [0.29, 0.717) is 24.3 Å². The smallest absolute Gasteiger partial charge is 0.365 e. The van der Waals surface area contributed by atoms with Crippen LogP contribution in [0.25, 0.3) is 0 Å². The van der Waals surface area contributed by atoms with Crippen LogP contribution < -0.4 is 10.1 Å². The number of ether oxygens (including phenoxy) is 1. The Hall–Kier alpha value is -2.41. The first kappa shape index (κ1) is 13.6.